The van der Waals surface area contributed by atoms with Gasteiger partial charge in [0.25, 0.3) is 0 Å². The summed E-state index contributed by atoms with van der Waals surface area (Å²) >= 11 is 0. The van der Waals surface area contributed by atoms with Crippen molar-refractivity contribution in [3.05, 3.63) is 146 Å². The lowest BCUT2D eigenvalue weighted by Gasteiger charge is -2.15. The number of carbonyl (C=O) groups is 2. The molecule has 5 nitrogen and oxygen atoms in total. The number of ether oxygens (including phenoxy) is 2. The maximum absolute atomic E-state index is 12.4. The van der Waals surface area contributed by atoms with Crippen LogP contribution in [0.25, 0.3) is 0 Å². The van der Waals surface area contributed by atoms with Gasteiger partial charge in [-0.2, -0.15) is 0 Å². The average molecular weight is 1110 g/mol. The first-order valence-electron chi connectivity index (χ1n) is 33.4. The molecule has 0 saturated carbocycles. The van der Waals surface area contributed by atoms with Crippen LogP contribution in [0, 0.1) is 0 Å². The highest BCUT2D eigenvalue weighted by molar-refractivity contribution is 5.70. The number of esters is 2. The third kappa shape index (κ3) is 66.3. The predicted octanol–water partition coefficient (Wildman–Crippen LogP) is 23.3. The molecule has 0 fully saturated rings. The van der Waals surface area contributed by atoms with Gasteiger partial charge in [-0.3, -0.25) is 9.59 Å². The molecule has 0 aromatic carbocycles. The number of aliphatic hydroxyl groups excluding tert-OH is 1. The first-order valence-corrected chi connectivity index (χ1v) is 33.4. The zero-order valence-corrected chi connectivity index (χ0v) is 52.0. The molecule has 0 saturated heterocycles. The zero-order valence-electron chi connectivity index (χ0n) is 52.0. The Morgan fingerprint density at radius 2 is 0.500 bits per heavy atom. The molecule has 0 aromatic heterocycles. The Morgan fingerprint density at radius 3 is 0.750 bits per heavy atom. The second-order valence-corrected chi connectivity index (χ2v) is 21.8. The van der Waals surface area contributed by atoms with Crippen molar-refractivity contribution in [2.45, 2.75) is 302 Å². The van der Waals surface area contributed by atoms with Crippen molar-refractivity contribution in [3.63, 3.8) is 0 Å². The van der Waals surface area contributed by atoms with Crippen molar-refractivity contribution in [2.24, 2.45) is 0 Å². The Kier molecular flexibility index (Phi) is 65.4. The molecule has 0 aliphatic rings. The van der Waals surface area contributed by atoms with E-state index in [9.17, 15) is 14.7 Å². The van der Waals surface area contributed by atoms with Gasteiger partial charge in [-0.25, -0.2) is 0 Å². The Bertz CT molecular complexity index is 1680. The normalized spacial score (nSPS) is 13.2. The summed E-state index contributed by atoms with van der Waals surface area (Å²) in [7, 11) is 0. The van der Waals surface area contributed by atoms with E-state index in [2.05, 4.69) is 160 Å². The van der Waals surface area contributed by atoms with Crippen LogP contribution in [0.3, 0.4) is 0 Å². The lowest BCUT2D eigenvalue weighted by Crippen LogP contribution is -2.28. The quantitative estimate of drug-likeness (QED) is 0.0373. The number of aliphatic hydroxyl groups is 1. The maximum atomic E-state index is 12.4. The van der Waals surface area contributed by atoms with Crippen LogP contribution < -0.4 is 0 Å². The van der Waals surface area contributed by atoms with Gasteiger partial charge in [0.15, 0.2) is 6.10 Å². The number of allylic oxidation sites excluding steroid dienone is 24. The molecule has 0 heterocycles. The highest BCUT2D eigenvalue weighted by Crippen LogP contribution is 2.17. The summed E-state index contributed by atoms with van der Waals surface area (Å²) in [6.07, 6.45) is 104. The molecule has 0 radical (unpaired) electrons. The summed E-state index contributed by atoms with van der Waals surface area (Å²) in [4.78, 5) is 24.6. The summed E-state index contributed by atoms with van der Waals surface area (Å²) in [5.41, 5.74) is 0. The standard InChI is InChI=1S/C75H124O5/c1-3-5-7-9-11-13-15-17-19-21-23-25-27-29-31-33-35-36-37-38-40-42-44-46-48-50-52-54-56-58-60-62-64-66-68-70-75(78)80-73(71-76)72-79-74(77)69-67-65-63-61-59-57-55-53-51-49-47-45-43-41-39-34-32-30-28-26-24-22-20-18-16-14-12-10-8-6-4-2/h5-8,11-14,17-20,23-26,29,31,35-36,38,40,44,46,73,76H,3-4,9-10,15-16,21-22,27-28,30,32-34,37,39,41-43,45,47-72H2,1-2H3/b7-5-,8-6-,13-11-,14-12-,19-17-,20-18-,25-23-,26-24-,31-29-,36-35-,40-38-,46-44-. The van der Waals surface area contributed by atoms with Crippen LogP contribution in [-0.2, 0) is 19.1 Å². The first kappa shape index (κ1) is 75.8. The van der Waals surface area contributed by atoms with Crippen molar-refractivity contribution >= 4 is 11.9 Å². The summed E-state index contributed by atoms with van der Waals surface area (Å²) < 4.78 is 10.7. The molecular formula is C75H124O5. The lowest BCUT2D eigenvalue weighted by molar-refractivity contribution is -0.161. The van der Waals surface area contributed by atoms with Crippen LogP contribution in [-0.4, -0.2) is 36.4 Å². The Labute approximate surface area is 495 Å². The van der Waals surface area contributed by atoms with Crippen LogP contribution >= 0.6 is 0 Å². The highest BCUT2D eigenvalue weighted by Gasteiger charge is 2.16. The summed E-state index contributed by atoms with van der Waals surface area (Å²) in [6, 6.07) is 0. The highest BCUT2D eigenvalue weighted by atomic mass is 16.6. The second-order valence-electron chi connectivity index (χ2n) is 21.8. The smallest absolute Gasteiger partial charge is 0.306 e. The molecule has 5 heteroatoms. The fourth-order valence-corrected chi connectivity index (χ4v) is 9.21. The molecule has 0 aliphatic heterocycles. The van der Waals surface area contributed by atoms with Crippen molar-refractivity contribution in [1.82, 2.24) is 0 Å². The Hall–Kier alpha value is -4.22. The number of rotatable bonds is 60. The Balaban J connectivity index is 3.52. The minimum atomic E-state index is -0.784. The van der Waals surface area contributed by atoms with Crippen LogP contribution in [0.5, 0.6) is 0 Å². The van der Waals surface area contributed by atoms with E-state index in [-0.39, 0.29) is 25.2 Å². The summed E-state index contributed by atoms with van der Waals surface area (Å²) in [5.74, 6) is -0.594. The molecule has 80 heavy (non-hydrogen) atoms. The number of hydrogen-bond acceptors (Lipinski definition) is 5. The number of hydrogen-bond donors (Lipinski definition) is 1. The van der Waals surface area contributed by atoms with Crippen LogP contribution in [0.1, 0.15) is 296 Å². The summed E-state index contributed by atoms with van der Waals surface area (Å²) in [5, 5.41) is 9.70. The fourth-order valence-electron chi connectivity index (χ4n) is 9.21. The van der Waals surface area contributed by atoms with Crippen molar-refractivity contribution < 1.29 is 24.2 Å². The molecular weight excluding hydrogens is 981 g/mol. The first-order chi connectivity index (χ1) is 39.6. The largest absolute Gasteiger partial charge is 0.462 e. The van der Waals surface area contributed by atoms with Crippen molar-refractivity contribution in [1.29, 1.82) is 0 Å². The van der Waals surface area contributed by atoms with Gasteiger partial charge < -0.3 is 14.6 Å². The maximum Gasteiger partial charge on any atom is 0.306 e. The number of unbranched alkanes of at least 4 members (excludes halogenated alkanes) is 28. The van der Waals surface area contributed by atoms with Crippen molar-refractivity contribution in [2.75, 3.05) is 13.2 Å². The molecule has 1 unspecified atom stereocenters. The van der Waals surface area contributed by atoms with E-state index < -0.39 is 6.10 Å². The van der Waals surface area contributed by atoms with Gasteiger partial charge in [0.2, 0.25) is 0 Å². The topological polar surface area (TPSA) is 72.8 Å². The molecule has 0 bridgehead atoms. The summed E-state index contributed by atoms with van der Waals surface area (Å²) in [6.45, 7) is 3.93. The fraction of sp³-hybridized carbons (Fsp3) is 0.653. The van der Waals surface area contributed by atoms with E-state index in [1.54, 1.807) is 0 Å². The second kappa shape index (κ2) is 69.1. The molecule has 0 rings (SSSR count). The van der Waals surface area contributed by atoms with E-state index in [1.807, 2.05) is 0 Å². The molecule has 454 valence electrons. The molecule has 1 N–H and O–H groups in total. The predicted molar refractivity (Wildman–Crippen MR) is 352 cm³/mol. The third-order valence-electron chi connectivity index (χ3n) is 14.1. The van der Waals surface area contributed by atoms with E-state index >= 15 is 0 Å². The SMILES string of the molecule is CC/C=C\C/C=C\C/C=C\C/C=C\C/C=C\C/C=C\C/C=C\C/C=C\CCCCCCCCCCCCC(=O)OC(CO)COC(=O)CCCCCCCCCCCCCCCCCCCC/C=C\C/C=C\C/C=C\C/C=C\CC. The molecule has 0 amide bonds. The molecule has 1 atom stereocenters. The van der Waals surface area contributed by atoms with E-state index in [4.69, 9.17) is 9.47 Å². The molecule has 0 aliphatic carbocycles. The minimum Gasteiger partial charge on any atom is -0.462 e. The van der Waals surface area contributed by atoms with Crippen LogP contribution in [0.4, 0.5) is 0 Å². The van der Waals surface area contributed by atoms with Gasteiger partial charge in [-0.1, -0.05) is 314 Å². The monoisotopic (exact) mass is 1100 g/mol. The van der Waals surface area contributed by atoms with Gasteiger partial charge in [-0.05, 0) is 116 Å². The Morgan fingerprint density at radius 1 is 0.287 bits per heavy atom. The van der Waals surface area contributed by atoms with Gasteiger partial charge >= 0.3 is 11.9 Å². The third-order valence-corrected chi connectivity index (χ3v) is 14.1. The number of carbonyl (C=O) groups excluding carboxylic acids is 2. The molecule has 0 spiro atoms. The van der Waals surface area contributed by atoms with E-state index in [1.165, 1.54) is 154 Å². The lowest BCUT2D eigenvalue weighted by atomic mass is 10.0. The minimum absolute atomic E-state index is 0.0726. The van der Waals surface area contributed by atoms with Gasteiger partial charge in [0.05, 0.1) is 6.61 Å². The van der Waals surface area contributed by atoms with E-state index in [0.29, 0.717) is 12.8 Å². The van der Waals surface area contributed by atoms with Gasteiger partial charge in [0.1, 0.15) is 6.61 Å². The van der Waals surface area contributed by atoms with Crippen LogP contribution in [0.15, 0.2) is 146 Å². The van der Waals surface area contributed by atoms with Gasteiger partial charge in [0, 0.05) is 12.8 Å². The van der Waals surface area contributed by atoms with Crippen LogP contribution in [0.2, 0.25) is 0 Å². The zero-order chi connectivity index (χ0) is 57.6. The average Bonchev–Trinajstić information content (AvgIpc) is 3.46. The van der Waals surface area contributed by atoms with E-state index in [0.717, 1.165) is 116 Å². The van der Waals surface area contributed by atoms with Gasteiger partial charge in [-0.15, -0.1) is 0 Å². The molecule has 0 aromatic rings. The van der Waals surface area contributed by atoms with Crippen molar-refractivity contribution in [3.8, 4) is 0 Å².